The van der Waals surface area contributed by atoms with Gasteiger partial charge in [0.2, 0.25) is 5.95 Å². The third kappa shape index (κ3) is 6.95. The Morgan fingerprint density at radius 3 is 2.51 bits per heavy atom. The van der Waals surface area contributed by atoms with E-state index in [2.05, 4.69) is 15.1 Å². The Bertz CT molecular complexity index is 1120. The first-order valence-electron chi connectivity index (χ1n) is 10.7. The summed E-state index contributed by atoms with van der Waals surface area (Å²) in [5.41, 5.74) is 6.19. The van der Waals surface area contributed by atoms with Crippen LogP contribution in [-0.4, -0.2) is 53.3 Å². The van der Waals surface area contributed by atoms with Crippen LogP contribution >= 0.6 is 0 Å². The van der Waals surface area contributed by atoms with Gasteiger partial charge in [-0.15, -0.1) is 0 Å². The molecule has 1 aliphatic rings. The molecule has 35 heavy (non-hydrogen) atoms. The standard InChI is InChI=1S/C23H27FN6O5/c1-23(2,3)21(32)34-13-35-29-16-10-30(11-16)22-27-8-15(9-28-22)17-6-4-5-14(20(17)24)12-33-19(31)7-18(25)26/h4-6,8-9H,7,10-13H2,1-3H3,(H3,25,26). The molecule has 3 N–H and O–H groups in total. The van der Waals surface area contributed by atoms with Crippen molar-refractivity contribution in [2.75, 3.05) is 24.8 Å². The molecule has 0 amide bonds. The van der Waals surface area contributed by atoms with Crippen molar-refractivity contribution >= 4 is 29.4 Å². The number of esters is 2. The van der Waals surface area contributed by atoms with Crippen LogP contribution in [0.3, 0.4) is 0 Å². The number of halogens is 1. The summed E-state index contributed by atoms with van der Waals surface area (Å²) < 4.78 is 24.9. The summed E-state index contributed by atoms with van der Waals surface area (Å²) >= 11 is 0. The largest absolute Gasteiger partial charge is 0.460 e. The highest BCUT2D eigenvalue weighted by Crippen LogP contribution is 2.26. The molecule has 1 saturated heterocycles. The maximum Gasteiger partial charge on any atom is 0.314 e. The van der Waals surface area contributed by atoms with Gasteiger partial charge >= 0.3 is 11.9 Å². The molecular formula is C23H27FN6O5. The second-order valence-electron chi connectivity index (χ2n) is 8.86. The van der Waals surface area contributed by atoms with Gasteiger partial charge < -0.3 is 24.9 Å². The molecular weight excluding hydrogens is 459 g/mol. The molecule has 2 aromatic rings. The van der Waals surface area contributed by atoms with E-state index in [-0.39, 0.29) is 42.8 Å². The second-order valence-corrected chi connectivity index (χ2v) is 8.86. The van der Waals surface area contributed by atoms with Gasteiger partial charge in [-0.05, 0) is 20.8 Å². The number of benzene rings is 1. The Balaban J connectivity index is 1.53. The van der Waals surface area contributed by atoms with Gasteiger partial charge in [-0.3, -0.25) is 15.0 Å². The summed E-state index contributed by atoms with van der Waals surface area (Å²) in [7, 11) is 0. The summed E-state index contributed by atoms with van der Waals surface area (Å²) in [5.74, 6) is -1.51. The first-order chi connectivity index (χ1) is 16.5. The maximum absolute atomic E-state index is 14.9. The van der Waals surface area contributed by atoms with Crippen molar-refractivity contribution in [1.29, 1.82) is 5.41 Å². The fourth-order valence-electron chi connectivity index (χ4n) is 2.91. The molecule has 11 nitrogen and oxygen atoms in total. The number of ether oxygens (including phenoxy) is 2. The van der Waals surface area contributed by atoms with E-state index in [1.54, 1.807) is 32.9 Å². The number of aromatic nitrogens is 2. The van der Waals surface area contributed by atoms with Gasteiger partial charge in [0.25, 0.3) is 6.79 Å². The number of nitrogens with one attached hydrogen (secondary N) is 1. The van der Waals surface area contributed by atoms with E-state index in [1.165, 1.54) is 18.5 Å². The number of carbonyl (C=O) groups is 2. The van der Waals surface area contributed by atoms with Gasteiger partial charge in [-0.1, -0.05) is 23.4 Å². The Morgan fingerprint density at radius 1 is 1.20 bits per heavy atom. The number of hydrogen-bond acceptors (Lipinski definition) is 10. The van der Waals surface area contributed by atoms with E-state index in [9.17, 15) is 14.0 Å². The average Bonchev–Trinajstić information content (AvgIpc) is 2.76. The summed E-state index contributed by atoms with van der Waals surface area (Å²) in [6.45, 7) is 5.59. The van der Waals surface area contributed by atoms with Crippen molar-refractivity contribution in [3.05, 3.63) is 42.0 Å². The smallest absolute Gasteiger partial charge is 0.314 e. The van der Waals surface area contributed by atoms with Crippen LogP contribution in [-0.2, 0) is 30.5 Å². The van der Waals surface area contributed by atoms with Crippen molar-refractivity contribution in [3.63, 3.8) is 0 Å². The zero-order valence-electron chi connectivity index (χ0n) is 19.7. The molecule has 186 valence electrons. The van der Waals surface area contributed by atoms with Crippen molar-refractivity contribution < 1.29 is 28.3 Å². The molecule has 1 aliphatic heterocycles. The molecule has 1 aromatic heterocycles. The Labute approximate surface area is 201 Å². The van der Waals surface area contributed by atoms with Gasteiger partial charge in [0.05, 0.1) is 24.2 Å². The van der Waals surface area contributed by atoms with E-state index < -0.39 is 17.2 Å². The maximum atomic E-state index is 14.9. The number of anilines is 1. The predicted molar refractivity (Wildman–Crippen MR) is 125 cm³/mol. The highest BCUT2D eigenvalue weighted by molar-refractivity contribution is 5.98. The van der Waals surface area contributed by atoms with Crippen LogP contribution in [0.4, 0.5) is 10.3 Å². The topological polar surface area (TPSA) is 153 Å². The minimum Gasteiger partial charge on any atom is -0.460 e. The highest BCUT2D eigenvalue weighted by Gasteiger charge is 2.26. The van der Waals surface area contributed by atoms with Gasteiger partial charge in [-0.2, -0.15) is 0 Å². The molecule has 2 heterocycles. The van der Waals surface area contributed by atoms with Crippen LogP contribution < -0.4 is 10.6 Å². The lowest BCUT2D eigenvalue weighted by Crippen LogP contribution is -2.48. The highest BCUT2D eigenvalue weighted by atomic mass is 19.1. The zero-order valence-corrected chi connectivity index (χ0v) is 19.7. The summed E-state index contributed by atoms with van der Waals surface area (Å²) in [4.78, 5) is 38.7. The van der Waals surface area contributed by atoms with Crippen molar-refractivity contribution in [3.8, 4) is 11.1 Å². The summed E-state index contributed by atoms with van der Waals surface area (Å²) in [6, 6.07) is 4.71. The first-order valence-corrected chi connectivity index (χ1v) is 10.7. The van der Waals surface area contributed by atoms with Crippen LogP contribution in [0, 0.1) is 16.6 Å². The number of hydrogen-bond donors (Lipinski definition) is 2. The first kappa shape index (κ1) is 25.5. The van der Waals surface area contributed by atoms with E-state index >= 15 is 0 Å². The third-order valence-electron chi connectivity index (χ3n) is 4.83. The summed E-state index contributed by atoms with van der Waals surface area (Å²) in [5, 5.41) is 11.0. The molecule has 1 fully saturated rings. The Hall–Kier alpha value is -4.09. The second kappa shape index (κ2) is 10.9. The predicted octanol–water partition coefficient (Wildman–Crippen LogP) is 2.39. The minimum absolute atomic E-state index is 0.181. The molecule has 0 radical (unpaired) electrons. The average molecular weight is 487 g/mol. The zero-order chi connectivity index (χ0) is 25.6. The number of rotatable bonds is 9. The number of oxime groups is 1. The van der Waals surface area contributed by atoms with E-state index in [4.69, 9.17) is 25.5 Å². The Kier molecular flexibility index (Phi) is 7.94. The van der Waals surface area contributed by atoms with E-state index in [0.717, 1.165) is 5.71 Å². The third-order valence-corrected chi connectivity index (χ3v) is 4.83. The minimum atomic E-state index is -0.705. The monoisotopic (exact) mass is 486 g/mol. The number of amidine groups is 1. The number of nitrogens with two attached hydrogens (primary N) is 1. The van der Waals surface area contributed by atoms with Crippen LogP contribution in [0.2, 0.25) is 0 Å². The van der Waals surface area contributed by atoms with Crippen LogP contribution in [0.1, 0.15) is 32.8 Å². The van der Waals surface area contributed by atoms with Gasteiger partial charge in [0, 0.05) is 29.1 Å². The molecule has 0 unspecified atom stereocenters. The van der Waals surface area contributed by atoms with Crippen molar-refractivity contribution in [1.82, 2.24) is 9.97 Å². The summed E-state index contributed by atoms with van der Waals surface area (Å²) in [6.07, 6.45) is 2.66. The van der Waals surface area contributed by atoms with Gasteiger partial charge in [-0.25, -0.2) is 14.4 Å². The number of carbonyl (C=O) groups excluding carboxylic acids is 2. The molecule has 0 atom stereocenters. The fraction of sp³-hybridized carbons (Fsp3) is 0.391. The SMILES string of the molecule is CC(C)(C)C(=O)OCON=C1CN(c2ncc(-c3cccc(COC(=O)CC(=N)N)c3F)cn2)C1. The normalized spacial score (nSPS) is 13.0. The van der Waals surface area contributed by atoms with Crippen molar-refractivity contribution in [2.45, 2.75) is 33.8 Å². The lowest BCUT2D eigenvalue weighted by molar-refractivity contribution is -0.165. The molecule has 0 bridgehead atoms. The van der Waals surface area contributed by atoms with Gasteiger partial charge in [0.15, 0.2) is 0 Å². The van der Waals surface area contributed by atoms with Crippen LogP contribution in [0.15, 0.2) is 35.7 Å². The molecule has 12 heteroatoms. The number of nitrogens with zero attached hydrogens (tertiary/aromatic N) is 4. The molecule has 0 saturated carbocycles. The van der Waals surface area contributed by atoms with Crippen LogP contribution in [0.25, 0.3) is 11.1 Å². The fourth-order valence-corrected chi connectivity index (χ4v) is 2.91. The van der Waals surface area contributed by atoms with Crippen molar-refractivity contribution in [2.24, 2.45) is 16.3 Å². The lowest BCUT2D eigenvalue weighted by atomic mass is 9.98. The van der Waals surface area contributed by atoms with E-state index in [0.29, 0.717) is 24.6 Å². The molecule has 1 aromatic carbocycles. The Morgan fingerprint density at radius 2 is 1.89 bits per heavy atom. The molecule has 0 aliphatic carbocycles. The quantitative estimate of drug-likeness (QED) is 0.136. The van der Waals surface area contributed by atoms with E-state index in [1.807, 2.05) is 4.90 Å². The lowest BCUT2D eigenvalue weighted by Gasteiger charge is -2.31. The molecule has 3 rings (SSSR count). The molecule has 0 spiro atoms. The van der Waals surface area contributed by atoms with Gasteiger partial charge in [0.1, 0.15) is 24.7 Å². The van der Waals surface area contributed by atoms with Crippen LogP contribution in [0.5, 0.6) is 0 Å².